The van der Waals surface area contributed by atoms with Crippen molar-refractivity contribution < 1.29 is 9.59 Å². The number of benzene rings is 2. The zero-order valence-corrected chi connectivity index (χ0v) is 29.9. The van der Waals surface area contributed by atoms with Gasteiger partial charge in [-0.1, -0.05) is 58.6 Å². The summed E-state index contributed by atoms with van der Waals surface area (Å²) in [5.74, 6) is 9.01. The zero-order chi connectivity index (χ0) is 34.9. The van der Waals surface area contributed by atoms with Gasteiger partial charge >= 0.3 is 0 Å². The Morgan fingerprint density at radius 2 is 1.40 bits per heavy atom. The molecule has 9 heteroatoms. The summed E-state index contributed by atoms with van der Waals surface area (Å²) < 4.78 is 0. The van der Waals surface area contributed by atoms with Crippen molar-refractivity contribution >= 4 is 22.8 Å². The Kier molecular flexibility index (Phi) is 7.94. The largest absolute Gasteiger partial charge is 0.340 e. The predicted octanol–water partition coefficient (Wildman–Crippen LogP) is 6.74. The molecule has 9 nitrogen and oxygen atoms in total. The van der Waals surface area contributed by atoms with Crippen molar-refractivity contribution in [1.82, 2.24) is 29.7 Å². The molecule has 2 saturated heterocycles. The Hall–Kier alpha value is -4.42. The smallest absolute Gasteiger partial charge is 0.240 e. The zero-order valence-electron chi connectivity index (χ0n) is 29.9. The number of aromatic amines is 2. The number of hydrogen-bond acceptors (Lipinski definition) is 5. The number of nitrogens with two attached hydrogens (primary N) is 1. The SMILES string of the molecule is CC(C)[C@H](C)C(=O)N1CC2(CC2)C[C@H]1c1nc2ccc(C#Cc3ccc(-c4cnc([C@@H]5CC6(CC6)CN5C(=O)[C@@H](N)C(C)C)[nH]4)cc3)cc2[nH]1. The second-order valence-corrected chi connectivity index (χ2v) is 16.5. The number of nitrogens with zero attached hydrogens (tertiary/aromatic N) is 4. The van der Waals surface area contributed by atoms with E-state index in [4.69, 9.17) is 15.7 Å². The Labute approximate surface area is 294 Å². The van der Waals surface area contributed by atoms with Crippen LogP contribution in [0.25, 0.3) is 22.3 Å². The second-order valence-electron chi connectivity index (χ2n) is 16.5. The van der Waals surface area contributed by atoms with Crippen molar-refractivity contribution in [3.8, 4) is 23.1 Å². The lowest BCUT2D eigenvalue weighted by Gasteiger charge is -2.28. The molecule has 260 valence electrons. The van der Waals surface area contributed by atoms with Crippen LogP contribution in [-0.4, -0.2) is 60.7 Å². The van der Waals surface area contributed by atoms with Gasteiger partial charge in [0.25, 0.3) is 0 Å². The van der Waals surface area contributed by atoms with E-state index in [9.17, 15) is 9.59 Å². The van der Waals surface area contributed by atoms with Crippen LogP contribution < -0.4 is 5.73 Å². The third-order valence-electron chi connectivity index (χ3n) is 12.2. The van der Waals surface area contributed by atoms with Gasteiger partial charge in [-0.15, -0.1) is 0 Å². The van der Waals surface area contributed by atoms with Crippen molar-refractivity contribution in [3.63, 3.8) is 0 Å². The molecule has 2 aromatic heterocycles. The molecule has 0 bridgehead atoms. The maximum Gasteiger partial charge on any atom is 0.240 e. The maximum absolute atomic E-state index is 13.5. The summed E-state index contributed by atoms with van der Waals surface area (Å²) >= 11 is 0. The lowest BCUT2D eigenvalue weighted by Crippen LogP contribution is -2.46. The number of rotatable bonds is 7. The van der Waals surface area contributed by atoms with E-state index >= 15 is 0 Å². The van der Waals surface area contributed by atoms with Gasteiger partial charge in [0, 0.05) is 30.1 Å². The van der Waals surface area contributed by atoms with E-state index in [0.29, 0.717) is 5.92 Å². The van der Waals surface area contributed by atoms with Crippen LogP contribution in [0.4, 0.5) is 0 Å². The second kappa shape index (κ2) is 12.1. The highest BCUT2D eigenvalue weighted by atomic mass is 16.2. The summed E-state index contributed by atoms with van der Waals surface area (Å²) in [6.45, 7) is 11.9. The number of carbonyl (C=O) groups excluding carboxylic acids is 2. The van der Waals surface area contributed by atoms with Crippen LogP contribution in [0.3, 0.4) is 0 Å². The van der Waals surface area contributed by atoms with Gasteiger partial charge in [0.05, 0.1) is 41.0 Å². The number of imidazole rings is 2. The highest BCUT2D eigenvalue weighted by molar-refractivity contribution is 5.83. The molecule has 2 saturated carbocycles. The Balaban J connectivity index is 0.965. The Morgan fingerprint density at radius 3 is 2.02 bits per heavy atom. The molecular weight excluding hydrogens is 622 g/mol. The molecule has 0 unspecified atom stereocenters. The van der Waals surface area contributed by atoms with Gasteiger partial charge in [-0.3, -0.25) is 9.59 Å². The van der Waals surface area contributed by atoms with Crippen LogP contribution >= 0.6 is 0 Å². The van der Waals surface area contributed by atoms with Gasteiger partial charge in [-0.25, -0.2) is 9.97 Å². The van der Waals surface area contributed by atoms with Gasteiger partial charge in [0.1, 0.15) is 11.6 Å². The quantitative estimate of drug-likeness (QED) is 0.188. The first-order chi connectivity index (χ1) is 23.9. The summed E-state index contributed by atoms with van der Waals surface area (Å²) in [4.78, 5) is 47.6. The minimum Gasteiger partial charge on any atom is -0.340 e. The first kappa shape index (κ1) is 32.8. The molecule has 0 radical (unpaired) electrons. The van der Waals surface area contributed by atoms with E-state index in [0.717, 1.165) is 83.8 Å². The fourth-order valence-electron chi connectivity index (χ4n) is 7.96. The van der Waals surface area contributed by atoms with Crippen molar-refractivity contribution in [2.45, 2.75) is 91.3 Å². The Bertz CT molecular complexity index is 2000. The molecule has 4 heterocycles. The molecule has 4 aromatic rings. The molecule has 2 spiro atoms. The van der Waals surface area contributed by atoms with Crippen molar-refractivity contribution in [2.24, 2.45) is 34.3 Å². The summed E-state index contributed by atoms with van der Waals surface area (Å²) in [6.07, 6.45) is 8.51. The normalized spacial score (nSPS) is 22.8. The van der Waals surface area contributed by atoms with Crippen LogP contribution in [0.15, 0.2) is 48.7 Å². The average Bonchev–Trinajstić information content (AvgIpc) is 3.72. The molecule has 2 aromatic carbocycles. The number of likely N-dealkylation sites (tertiary alicyclic amines) is 2. The number of aromatic nitrogens is 4. The average molecular weight is 672 g/mol. The van der Waals surface area contributed by atoms with Gasteiger partial charge < -0.3 is 25.5 Å². The first-order valence-electron chi connectivity index (χ1n) is 18.5. The highest BCUT2D eigenvalue weighted by Crippen LogP contribution is 2.59. The van der Waals surface area contributed by atoms with E-state index in [1.165, 1.54) is 12.8 Å². The van der Waals surface area contributed by atoms with Crippen LogP contribution in [0.2, 0.25) is 0 Å². The monoisotopic (exact) mass is 671 g/mol. The van der Waals surface area contributed by atoms with E-state index in [-0.39, 0.29) is 46.6 Å². The first-order valence-corrected chi connectivity index (χ1v) is 18.5. The summed E-state index contributed by atoms with van der Waals surface area (Å²) in [5.41, 5.74) is 12.4. The van der Waals surface area contributed by atoms with Crippen LogP contribution in [0.1, 0.15) is 108 Å². The third kappa shape index (κ3) is 6.02. The summed E-state index contributed by atoms with van der Waals surface area (Å²) in [7, 11) is 0. The fraction of sp³-hybridized carbons (Fsp3) is 0.512. The van der Waals surface area contributed by atoms with Gasteiger partial charge in [0.2, 0.25) is 11.8 Å². The maximum atomic E-state index is 13.5. The lowest BCUT2D eigenvalue weighted by atomic mass is 9.96. The molecule has 50 heavy (non-hydrogen) atoms. The van der Waals surface area contributed by atoms with Crippen LogP contribution in [-0.2, 0) is 9.59 Å². The number of nitrogens with one attached hydrogen (secondary N) is 2. The van der Waals surface area contributed by atoms with Crippen molar-refractivity contribution in [1.29, 1.82) is 0 Å². The van der Waals surface area contributed by atoms with Gasteiger partial charge in [-0.05, 0) is 97.1 Å². The summed E-state index contributed by atoms with van der Waals surface area (Å²) in [5, 5.41) is 0. The highest BCUT2D eigenvalue weighted by Gasteiger charge is 2.56. The van der Waals surface area contributed by atoms with Crippen LogP contribution in [0, 0.1) is 40.4 Å². The third-order valence-corrected chi connectivity index (χ3v) is 12.2. The van der Waals surface area contributed by atoms with E-state index in [1.807, 2.05) is 49.2 Å². The molecule has 2 aliphatic heterocycles. The minimum atomic E-state index is -0.499. The number of carbonyl (C=O) groups is 2. The topological polar surface area (TPSA) is 124 Å². The van der Waals surface area contributed by atoms with E-state index < -0.39 is 6.04 Å². The van der Waals surface area contributed by atoms with Crippen molar-refractivity contribution in [2.75, 3.05) is 13.1 Å². The molecular formula is C41H49N7O2. The molecule has 2 amide bonds. The number of amides is 2. The number of hydrogen-bond donors (Lipinski definition) is 3. The molecule has 8 rings (SSSR count). The standard InChI is InChI=1S/C41H49N7O2/c1-24(2)26(5)38(49)47-22-41(16-17-41)20-34(47)37-44-30-13-10-28(18-31(30)45-37)7-6-27-8-11-29(12-9-27)32-21-43-36(46-32)33-19-40(14-15-40)23-48(33)39(50)35(42)25(3)4/h8-13,18,21,24-26,33-35H,14-17,19-20,22-23,42H2,1-5H3,(H,43,46)(H,44,45)/t26-,33-,34-,35-/m0/s1. The number of H-pyrrole nitrogens is 2. The van der Waals surface area contributed by atoms with E-state index in [1.54, 1.807) is 0 Å². The molecule has 4 N–H and O–H groups in total. The molecule has 2 aliphatic carbocycles. The summed E-state index contributed by atoms with van der Waals surface area (Å²) in [6, 6.07) is 13.7. The minimum absolute atomic E-state index is 0.00444. The predicted molar refractivity (Wildman–Crippen MR) is 194 cm³/mol. The van der Waals surface area contributed by atoms with Crippen molar-refractivity contribution in [3.05, 3.63) is 71.4 Å². The fourth-order valence-corrected chi connectivity index (χ4v) is 7.96. The molecule has 4 atom stereocenters. The lowest BCUT2D eigenvalue weighted by molar-refractivity contribution is -0.137. The molecule has 4 fully saturated rings. The number of fused-ring (bicyclic) bond motifs is 1. The van der Waals surface area contributed by atoms with Gasteiger partial charge in [-0.2, -0.15) is 0 Å². The Morgan fingerprint density at radius 1 is 0.800 bits per heavy atom. The van der Waals surface area contributed by atoms with Gasteiger partial charge in [0.15, 0.2) is 0 Å². The van der Waals surface area contributed by atoms with E-state index in [2.05, 4.69) is 65.7 Å². The van der Waals surface area contributed by atoms with Crippen LogP contribution in [0.5, 0.6) is 0 Å². The molecule has 4 aliphatic rings.